The largest absolute Gasteiger partial charge is 0.490 e. The molecular formula is C16H19N3O2S. The normalized spacial score (nSPS) is 15.8. The van der Waals surface area contributed by atoms with E-state index >= 15 is 0 Å². The van der Waals surface area contributed by atoms with E-state index in [9.17, 15) is 4.79 Å². The third-order valence-corrected chi connectivity index (χ3v) is 4.57. The Bertz CT molecular complexity index is 649. The van der Waals surface area contributed by atoms with Crippen LogP contribution in [0.1, 0.15) is 34.5 Å². The number of ether oxygens (including phenoxy) is 1. The van der Waals surface area contributed by atoms with E-state index in [-0.39, 0.29) is 12.0 Å². The molecule has 3 rings (SSSR count). The van der Waals surface area contributed by atoms with Crippen molar-refractivity contribution in [2.45, 2.75) is 32.8 Å². The van der Waals surface area contributed by atoms with Crippen molar-refractivity contribution in [2.24, 2.45) is 0 Å². The molecule has 0 N–H and O–H groups in total. The second kappa shape index (κ2) is 6.44. The molecule has 0 saturated carbocycles. The number of carbonyl (C=O) groups is 1. The highest BCUT2D eigenvalue weighted by molar-refractivity contribution is 6.99. The maximum atomic E-state index is 12.2. The molecule has 0 atom stereocenters. The molecule has 0 bridgehead atoms. The van der Waals surface area contributed by atoms with Crippen LogP contribution in [0.15, 0.2) is 24.4 Å². The van der Waals surface area contributed by atoms with Crippen LogP contribution in [-0.2, 0) is 0 Å². The molecule has 0 aliphatic carbocycles. The third kappa shape index (κ3) is 3.27. The van der Waals surface area contributed by atoms with Crippen molar-refractivity contribution in [1.82, 2.24) is 13.6 Å². The van der Waals surface area contributed by atoms with Crippen LogP contribution < -0.4 is 4.74 Å². The van der Waals surface area contributed by atoms with Gasteiger partial charge < -0.3 is 9.64 Å². The Balaban J connectivity index is 1.55. The Morgan fingerprint density at radius 1 is 1.27 bits per heavy atom. The summed E-state index contributed by atoms with van der Waals surface area (Å²) in [5, 5.41) is 0. The van der Waals surface area contributed by atoms with Crippen molar-refractivity contribution in [2.75, 3.05) is 13.1 Å². The first kappa shape index (κ1) is 15.0. The van der Waals surface area contributed by atoms with E-state index < -0.39 is 0 Å². The van der Waals surface area contributed by atoms with Crippen molar-refractivity contribution in [3.8, 4) is 5.75 Å². The molecule has 2 heterocycles. The van der Waals surface area contributed by atoms with E-state index in [1.54, 1.807) is 0 Å². The van der Waals surface area contributed by atoms with Crippen molar-refractivity contribution >= 4 is 17.6 Å². The Morgan fingerprint density at radius 2 is 2.05 bits per heavy atom. The smallest absolute Gasteiger partial charge is 0.275 e. The van der Waals surface area contributed by atoms with E-state index in [0.717, 1.165) is 30.3 Å². The molecule has 1 aliphatic rings. The van der Waals surface area contributed by atoms with E-state index in [1.807, 2.05) is 11.0 Å². The quantitative estimate of drug-likeness (QED) is 0.873. The van der Waals surface area contributed by atoms with Gasteiger partial charge in [-0.05, 0) is 37.1 Å². The summed E-state index contributed by atoms with van der Waals surface area (Å²) in [7, 11) is 0. The first-order valence-corrected chi connectivity index (χ1v) is 8.17. The molecule has 22 heavy (non-hydrogen) atoms. The Labute approximate surface area is 134 Å². The zero-order valence-electron chi connectivity index (χ0n) is 12.8. The predicted octanol–water partition coefficient (Wildman–Crippen LogP) is 2.84. The summed E-state index contributed by atoms with van der Waals surface area (Å²) in [6.45, 7) is 5.58. The van der Waals surface area contributed by atoms with Gasteiger partial charge in [0, 0.05) is 25.9 Å². The molecular weight excluding hydrogens is 298 g/mol. The minimum Gasteiger partial charge on any atom is -0.490 e. The van der Waals surface area contributed by atoms with Gasteiger partial charge in [-0.3, -0.25) is 4.79 Å². The van der Waals surface area contributed by atoms with Gasteiger partial charge in [0.05, 0.1) is 17.9 Å². The summed E-state index contributed by atoms with van der Waals surface area (Å²) in [4.78, 5) is 14.0. The van der Waals surface area contributed by atoms with Crippen LogP contribution in [-0.4, -0.2) is 38.7 Å². The molecule has 1 aromatic carbocycles. The fourth-order valence-electron chi connectivity index (χ4n) is 2.58. The topological polar surface area (TPSA) is 55.3 Å². The van der Waals surface area contributed by atoms with E-state index in [4.69, 9.17) is 4.74 Å². The summed E-state index contributed by atoms with van der Waals surface area (Å²) >= 11 is 1.06. The van der Waals surface area contributed by atoms with Gasteiger partial charge in [-0.15, -0.1) is 0 Å². The van der Waals surface area contributed by atoms with Crippen LogP contribution in [0.2, 0.25) is 0 Å². The molecule has 0 radical (unpaired) electrons. The number of carbonyl (C=O) groups excluding carboxylic acids is 1. The van der Waals surface area contributed by atoms with Gasteiger partial charge in [-0.25, -0.2) is 0 Å². The fourth-order valence-corrected chi connectivity index (χ4v) is 2.98. The van der Waals surface area contributed by atoms with Gasteiger partial charge in [-0.2, -0.15) is 8.75 Å². The van der Waals surface area contributed by atoms with Crippen LogP contribution in [0.5, 0.6) is 5.75 Å². The number of nitrogens with zero attached hydrogens (tertiary/aromatic N) is 3. The Hall–Kier alpha value is -1.95. The average Bonchev–Trinajstić information content (AvgIpc) is 3.05. The minimum absolute atomic E-state index is 0.0293. The summed E-state index contributed by atoms with van der Waals surface area (Å²) in [6.07, 6.45) is 3.39. The monoisotopic (exact) mass is 317 g/mol. The average molecular weight is 317 g/mol. The zero-order valence-corrected chi connectivity index (χ0v) is 13.6. The lowest BCUT2D eigenvalue weighted by Gasteiger charge is -2.31. The zero-order chi connectivity index (χ0) is 15.5. The lowest BCUT2D eigenvalue weighted by atomic mass is 10.1. The van der Waals surface area contributed by atoms with Crippen LogP contribution in [0, 0.1) is 13.8 Å². The minimum atomic E-state index is -0.0293. The second-order valence-corrected chi connectivity index (χ2v) is 6.20. The first-order valence-electron chi connectivity index (χ1n) is 7.44. The summed E-state index contributed by atoms with van der Waals surface area (Å²) in [5.74, 6) is 0.884. The lowest BCUT2D eigenvalue weighted by Crippen LogP contribution is -2.41. The van der Waals surface area contributed by atoms with Gasteiger partial charge in [-0.1, -0.05) is 6.07 Å². The number of aryl methyl sites for hydroxylation is 2. The maximum Gasteiger partial charge on any atom is 0.275 e. The van der Waals surface area contributed by atoms with Crippen LogP contribution in [0.4, 0.5) is 0 Å². The number of benzene rings is 1. The summed E-state index contributed by atoms with van der Waals surface area (Å²) in [6, 6.07) is 6.17. The van der Waals surface area contributed by atoms with E-state index in [1.165, 1.54) is 17.3 Å². The van der Waals surface area contributed by atoms with Gasteiger partial charge in [0.25, 0.3) is 5.91 Å². The fraction of sp³-hybridized carbons (Fsp3) is 0.438. The number of rotatable bonds is 3. The maximum absolute atomic E-state index is 12.2. The molecule has 0 unspecified atom stereocenters. The predicted molar refractivity (Wildman–Crippen MR) is 85.4 cm³/mol. The molecule has 1 amide bonds. The second-order valence-electron chi connectivity index (χ2n) is 5.65. The van der Waals surface area contributed by atoms with Crippen molar-refractivity contribution in [1.29, 1.82) is 0 Å². The summed E-state index contributed by atoms with van der Waals surface area (Å²) in [5.41, 5.74) is 2.95. The van der Waals surface area contributed by atoms with Gasteiger partial charge >= 0.3 is 0 Å². The molecule has 1 aromatic heterocycles. The number of piperidine rings is 1. The Kier molecular flexibility index (Phi) is 4.38. The Morgan fingerprint density at radius 3 is 2.68 bits per heavy atom. The third-order valence-electron chi connectivity index (χ3n) is 4.09. The first-order chi connectivity index (χ1) is 10.6. The summed E-state index contributed by atoms with van der Waals surface area (Å²) < 4.78 is 13.9. The molecule has 116 valence electrons. The number of hydrogen-bond donors (Lipinski definition) is 0. The van der Waals surface area contributed by atoms with E-state index in [2.05, 4.69) is 34.7 Å². The molecule has 1 saturated heterocycles. The highest BCUT2D eigenvalue weighted by Crippen LogP contribution is 2.22. The van der Waals surface area contributed by atoms with Gasteiger partial charge in [0.2, 0.25) is 0 Å². The standard InChI is InChI=1S/C16H19N3O2S/c1-11-3-4-14(9-12(11)2)21-13-5-7-19(8-6-13)16(20)15-10-17-22-18-15/h3-4,9-10,13H,5-8H2,1-2H3. The van der Waals surface area contributed by atoms with Crippen molar-refractivity contribution < 1.29 is 9.53 Å². The molecule has 6 heteroatoms. The lowest BCUT2D eigenvalue weighted by molar-refractivity contribution is 0.0591. The number of likely N-dealkylation sites (tertiary alicyclic amines) is 1. The molecule has 1 fully saturated rings. The highest BCUT2D eigenvalue weighted by atomic mass is 32.1. The van der Waals surface area contributed by atoms with Crippen LogP contribution in [0.25, 0.3) is 0 Å². The van der Waals surface area contributed by atoms with E-state index in [0.29, 0.717) is 18.8 Å². The molecule has 1 aliphatic heterocycles. The highest BCUT2D eigenvalue weighted by Gasteiger charge is 2.25. The van der Waals surface area contributed by atoms with Crippen molar-refractivity contribution in [3.05, 3.63) is 41.2 Å². The molecule has 0 spiro atoms. The van der Waals surface area contributed by atoms with Crippen molar-refractivity contribution in [3.63, 3.8) is 0 Å². The number of aromatic nitrogens is 2. The molecule has 5 nitrogen and oxygen atoms in total. The number of hydrogen-bond acceptors (Lipinski definition) is 5. The SMILES string of the molecule is Cc1ccc(OC2CCN(C(=O)c3cnsn3)CC2)cc1C. The van der Waals surface area contributed by atoms with Gasteiger partial charge in [0.15, 0.2) is 5.69 Å². The molecule has 2 aromatic rings. The van der Waals surface area contributed by atoms with Gasteiger partial charge in [0.1, 0.15) is 11.9 Å². The van der Waals surface area contributed by atoms with Crippen LogP contribution in [0.3, 0.4) is 0 Å². The van der Waals surface area contributed by atoms with Crippen LogP contribution >= 0.6 is 11.7 Å². The number of amides is 1.